The fourth-order valence-corrected chi connectivity index (χ4v) is 6.32. The highest BCUT2D eigenvalue weighted by atomic mass is 32.2. The number of fused-ring (bicyclic) bond motifs is 2. The van der Waals surface area contributed by atoms with E-state index in [0.717, 1.165) is 24.7 Å². The van der Waals surface area contributed by atoms with E-state index in [9.17, 15) is 8.42 Å². The molecule has 3 rings (SSSR count). The van der Waals surface area contributed by atoms with Gasteiger partial charge in [0.25, 0.3) is 0 Å². The zero-order chi connectivity index (χ0) is 12.0. The zero-order valence-electron chi connectivity index (χ0n) is 10.3. The number of hydrogen-bond acceptors (Lipinski definition) is 3. The van der Waals surface area contributed by atoms with E-state index in [4.69, 9.17) is 5.73 Å². The van der Waals surface area contributed by atoms with E-state index in [1.807, 2.05) is 0 Å². The molecule has 2 bridgehead atoms. The lowest BCUT2D eigenvalue weighted by molar-refractivity contribution is 0.255. The van der Waals surface area contributed by atoms with Gasteiger partial charge in [-0.25, -0.2) is 8.42 Å². The summed E-state index contributed by atoms with van der Waals surface area (Å²) in [5, 5.41) is 0. The maximum Gasteiger partial charge on any atom is 0.150 e. The Bertz CT molecular complexity index is 392. The first-order valence-electron chi connectivity index (χ1n) is 6.99. The third-order valence-electron chi connectivity index (χ3n) is 5.27. The van der Waals surface area contributed by atoms with Gasteiger partial charge in [-0.15, -0.1) is 0 Å². The van der Waals surface area contributed by atoms with Crippen LogP contribution in [0.15, 0.2) is 0 Å². The molecule has 5 atom stereocenters. The topological polar surface area (TPSA) is 60.2 Å². The van der Waals surface area contributed by atoms with Crippen molar-refractivity contribution in [3.8, 4) is 0 Å². The molecule has 2 N–H and O–H groups in total. The molecule has 1 aliphatic heterocycles. The van der Waals surface area contributed by atoms with Crippen molar-refractivity contribution < 1.29 is 8.42 Å². The Hall–Kier alpha value is -0.0900. The van der Waals surface area contributed by atoms with E-state index >= 15 is 0 Å². The largest absolute Gasteiger partial charge is 0.327 e. The predicted octanol–water partition coefficient (Wildman–Crippen LogP) is 1.57. The van der Waals surface area contributed by atoms with E-state index in [2.05, 4.69) is 0 Å². The van der Waals surface area contributed by atoms with Gasteiger partial charge >= 0.3 is 0 Å². The lowest BCUT2D eigenvalue weighted by atomic mass is 9.80. The summed E-state index contributed by atoms with van der Waals surface area (Å²) in [7, 11) is -2.73. The molecule has 1 saturated heterocycles. The third kappa shape index (κ3) is 2.39. The van der Waals surface area contributed by atoms with Crippen LogP contribution in [0.25, 0.3) is 0 Å². The van der Waals surface area contributed by atoms with Crippen LogP contribution in [0.4, 0.5) is 0 Å². The Morgan fingerprint density at radius 2 is 2.00 bits per heavy atom. The highest BCUT2D eigenvalue weighted by Gasteiger charge is 2.43. The molecule has 17 heavy (non-hydrogen) atoms. The lowest BCUT2D eigenvalue weighted by Gasteiger charge is -2.29. The maximum atomic E-state index is 11.4. The minimum absolute atomic E-state index is 0.253. The second-order valence-electron chi connectivity index (χ2n) is 6.51. The molecule has 5 unspecified atom stereocenters. The Labute approximate surface area is 104 Å². The summed E-state index contributed by atoms with van der Waals surface area (Å²) < 4.78 is 22.9. The number of hydrogen-bond donors (Lipinski definition) is 1. The van der Waals surface area contributed by atoms with Gasteiger partial charge in [0.15, 0.2) is 9.84 Å². The van der Waals surface area contributed by atoms with Crippen molar-refractivity contribution in [1.29, 1.82) is 0 Å². The van der Waals surface area contributed by atoms with Crippen LogP contribution in [0.1, 0.15) is 38.5 Å². The second kappa shape index (κ2) is 4.23. The van der Waals surface area contributed by atoms with Crippen molar-refractivity contribution in [2.24, 2.45) is 29.4 Å². The molecule has 0 radical (unpaired) electrons. The standard InChI is InChI=1S/C13H23NO2S/c14-13(7-10-3-4-17(15,16)8-10)12-6-9-1-2-11(12)5-9/h9-13H,1-8,14H2. The van der Waals surface area contributed by atoms with Crippen molar-refractivity contribution in [1.82, 2.24) is 0 Å². The average Bonchev–Trinajstić information content (AvgIpc) is 2.93. The second-order valence-corrected chi connectivity index (χ2v) is 8.74. The molecule has 1 heterocycles. The molecule has 0 aromatic rings. The minimum Gasteiger partial charge on any atom is -0.327 e. The van der Waals surface area contributed by atoms with E-state index in [-0.39, 0.29) is 6.04 Å². The van der Waals surface area contributed by atoms with Crippen LogP contribution in [-0.4, -0.2) is 26.0 Å². The van der Waals surface area contributed by atoms with Gasteiger partial charge in [0.05, 0.1) is 11.5 Å². The van der Waals surface area contributed by atoms with Gasteiger partial charge in [-0.2, -0.15) is 0 Å². The quantitative estimate of drug-likeness (QED) is 0.835. The maximum absolute atomic E-state index is 11.4. The summed E-state index contributed by atoms with van der Waals surface area (Å²) in [6.45, 7) is 0. The smallest absolute Gasteiger partial charge is 0.150 e. The van der Waals surface area contributed by atoms with Crippen molar-refractivity contribution >= 4 is 9.84 Å². The minimum atomic E-state index is -2.73. The van der Waals surface area contributed by atoms with Gasteiger partial charge in [0.1, 0.15) is 0 Å². The average molecular weight is 257 g/mol. The molecule has 0 aromatic carbocycles. The molecule has 0 amide bonds. The molecular weight excluding hydrogens is 234 g/mol. The van der Waals surface area contributed by atoms with Crippen LogP contribution >= 0.6 is 0 Å². The monoisotopic (exact) mass is 257 g/mol. The van der Waals surface area contributed by atoms with Crippen LogP contribution in [-0.2, 0) is 9.84 Å². The molecule has 3 aliphatic rings. The molecule has 0 aromatic heterocycles. The van der Waals surface area contributed by atoms with Gasteiger partial charge in [-0.1, -0.05) is 6.42 Å². The summed E-state index contributed by atoms with van der Waals surface area (Å²) in [6, 6.07) is 0.253. The molecule has 98 valence electrons. The van der Waals surface area contributed by atoms with Crippen LogP contribution in [0.5, 0.6) is 0 Å². The highest BCUT2D eigenvalue weighted by Crippen LogP contribution is 2.50. The van der Waals surface area contributed by atoms with E-state index in [1.54, 1.807) is 0 Å². The van der Waals surface area contributed by atoms with Crippen molar-refractivity contribution in [3.63, 3.8) is 0 Å². The van der Waals surface area contributed by atoms with Crippen molar-refractivity contribution in [2.75, 3.05) is 11.5 Å². The predicted molar refractivity (Wildman–Crippen MR) is 68.3 cm³/mol. The Morgan fingerprint density at radius 1 is 1.18 bits per heavy atom. The third-order valence-corrected chi connectivity index (χ3v) is 7.11. The SMILES string of the molecule is NC(CC1CCS(=O)(=O)C1)C1CC2CCC1C2. The Balaban J connectivity index is 1.56. The number of sulfone groups is 1. The number of rotatable bonds is 3. The van der Waals surface area contributed by atoms with E-state index in [0.29, 0.717) is 23.3 Å². The molecule has 2 aliphatic carbocycles. The fourth-order valence-electron chi connectivity index (χ4n) is 4.44. The first-order chi connectivity index (χ1) is 8.03. The number of nitrogens with two attached hydrogens (primary N) is 1. The Kier molecular flexibility index (Phi) is 2.98. The fraction of sp³-hybridized carbons (Fsp3) is 1.00. The molecule has 4 heteroatoms. The van der Waals surface area contributed by atoms with Crippen molar-refractivity contribution in [2.45, 2.75) is 44.6 Å². The lowest BCUT2D eigenvalue weighted by Crippen LogP contribution is -2.35. The summed E-state index contributed by atoms with van der Waals surface area (Å²) in [4.78, 5) is 0. The van der Waals surface area contributed by atoms with E-state index < -0.39 is 9.84 Å². The normalized spacial score (nSPS) is 45.2. The summed E-state index contributed by atoms with van der Waals surface area (Å²) in [5.41, 5.74) is 6.34. The van der Waals surface area contributed by atoms with Gasteiger partial charge in [-0.05, 0) is 55.8 Å². The Morgan fingerprint density at radius 3 is 2.53 bits per heavy atom. The van der Waals surface area contributed by atoms with Crippen LogP contribution in [0, 0.1) is 23.7 Å². The zero-order valence-corrected chi connectivity index (χ0v) is 11.2. The highest BCUT2D eigenvalue weighted by molar-refractivity contribution is 7.91. The van der Waals surface area contributed by atoms with Gasteiger partial charge < -0.3 is 5.73 Å². The van der Waals surface area contributed by atoms with E-state index in [1.165, 1.54) is 25.7 Å². The van der Waals surface area contributed by atoms with Crippen LogP contribution in [0.2, 0.25) is 0 Å². The van der Waals surface area contributed by atoms with Gasteiger partial charge in [0.2, 0.25) is 0 Å². The molecule has 2 saturated carbocycles. The van der Waals surface area contributed by atoms with Crippen molar-refractivity contribution in [3.05, 3.63) is 0 Å². The van der Waals surface area contributed by atoms with Gasteiger partial charge in [-0.3, -0.25) is 0 Å². The summed E-state index contributed by atoms with van der Waals surface area (Å²) in [5.74, 6) is 3.60. The van der Waals surface area contributed by atoms with Crippen LogP contribution < -0.4 is 5.73 Å². The molecule has 3 nitrogen and oxygen atoms in total. The first-order valence-corrected chi connectivity index (χ1v) is 8.81. The summed E-state index contributed by atoms with van der Waals surface area (Å²) in [6.07, 6.45) is 7.26. The summed E-state index contributed by atoms with van der Waals surface area (Å²) >= 11 is 0. The molecule has 3 fully saturated rings. The van der Waals surface area contributed by atoms with Gasteiger partial charge in [0, 0.05) is 6.04 Å². The first kappa shape index (κ1) is 12.0. The molecular formula is C13H23NO2S. The van der Waals surface area contributed by atoms with Crippen LogP contribution in [0.3, 0.4) is 0 Å². The molecule has 0 spiro atoms.